The van der Waals surface area contributed by atoms with Crippen LogP contribution in [0, 0.1) is 11.8 Å². The molecule has 1 saturated heterocycles. The number of piperidine rings is 1. The standard InChI is InChI=1S/C11H20N2O/c1-11(2,3)13-6-8-4-5-9(7-13)10(8)12-14/h8-9,14H,4-7H2,1-3H3/t8-,9+. The summed E-state index contributed by atoms with van der Waals surface area (Å²) in [4.78, 5) is 2.52. The second-order valence-electron chi connectivity index (χ2n) is 5.57. The van der Waals surface area contributed by atoms with Gasteiger partial charge in [0.25, 0.3) is 0 Å². The molecule has 2 rings (SSSR count). The summed E-state index contributed by atoms with van der Waals surface area (Å²) in [5, 5.41) is 12.4. The molecule has 2 fully saturated rings. The largest absolute Gasteiger partial charge is 0.411 e. The van der Waals surface area contributed by atoms with Crippen LogP contribution in [0.4, 0.5) is 0 Å². The molecule has 3 heteroatoms. The molecular weight excluding hydrogens is 176 g/mol. The highest BCUT2D eigenvalue weighted by Gasteiger charge is 2.42. The van der Waals surface area contributed by atoms with Crippen molar-refractivity contribution < 1.29 is 5.21 Å². The molecule has 1 N–H and O–H groups in total. The predicted molar refractivity (Wildman–Crippen MR) is 56.8 cm³/mol. The minimum atomic E-state index is 0.252. The van der Waals surface area contributed by atoms with Gasteiger partial charge in [0, 0.05) is 30.5 Å². The van der Waals surface area contributed by atoms with Crippen molar-refractivity contribution in [3.8, 4) is 0 Å². The highest BCUT2D eigenvalue weighted by molar-refractivity contribution is 5.91. The number of likely N-dealkylation sites (tertiary alicyclic amines) is 1. The second kappa shape index (κ2) is 3.23. The lowest BCUT2D eigenvalue weighted by Crippen LogP contribution is -2.51. The van der Waals surface area contributed by atoms with Crippen LogP contribution in [0.5, 0.6) is 0 Å². The average molecular weight is 196 g/mol. The van der Waals surface area contributed by atoms with Gasteiger partial charge in [-0.1, -0.05) is 5.16 Å². The Kier molecular flexibility index (Phi) is 2.30. The molecule has 2 aliphatic rings. The fourth-order valence-corrected chi connectivity index (χ4v) is 2.72. The maximum atomic E-state index is 8.93. The highest BCUT2D eigenvalue weighted by atomic mass is 16.4. The molecule has 0 aromatic heterocycles. The van der Waals surface area contributed by atoms with Crippen molar-refractivity contribution in [3.63, 3.8) is 0 Å². The Labute approximate surface area is 85.8 Å². The van der Waals surface area contributed by atoms with E-state index >= 15 is 0 Å². The summed E-state index contributed by atoms with van der Waals surface area (Å²) < 4.78 is 0. The van der Waals surface area contributed by atoms with Crippen molar-refractivity contribution in [2.24, 2.45) is 17.0 Å². The molecule has 0 amide bonds. The van der Waals surface area contributed by atoms with Gasteiger partial charge >= 0.3 is 0 Å². The van der Waals surface area contributed by atoms with Gasteiger partial charge in [-0.05, 0) is 33.6 Å². The lowest BCUT2D eigenvalue weighted by molar-refractivity contribution is 0.111. The van der Waals surface area contributed by atoms with Crippen LogP contribution in [0.25, 0.3) is 0 Å². The molecule has 0 aromatic rings. The summed E-state index contributed by atoms with van der Waals surface area (Å²) in [6.07, 6.45) is 2.41. The monoisotopic (exact) mass is 196 g/mol. The fraction of sp³-hybridized carbons (Fsp3) is 0.909. The minimum absolute atomic E-state index is 0.252. The molecular formula is C11H20N2O. The van der Waals surface area contributed by atoms with Crippen molar-refractivity contribution >= 4 is 5.71 Å². The van der Waals surface area contributed by atoms with Crippen LogP contribution < -0.4 is 0 Å². The summed E-state index contributed by atoms with van der Waals surface area (Å²) >= 11 is 0. The van der Waals surface area contributed by atoms with Crippen molar-refractivity contribution in [1.29, 1.82) is 0 Å². The van der Waals surface area contributed by atoms with Gasteiger partial charge in [0.15, 0.2) is 0 Å². The normalized spacial score (nSPS) is 36.6. The zero-order valence-corrected chi connectivity index (χ0v) is 9.32. The van der Waals surface area contributed by atoms with Crippen molar-refractivity contribution in [2.75, 3.05) is 13.1 Å². The number of rotatable bonds is 0. The lowest BCUT2D eigenvalue weighted by Gasteiger charge is -2.41. The maximum Gasteiger partial charge on any atom is 0.0657 e. The van der Waals surface area contributed by atoms with E-state index in [0.717, 1.165) is 18.8 Å². The van der Waals surface area contributed by atoms with E-state index < -0.39 is 0 Å². The van der Waals surface area contributed by atoms with Gasteiger partial charge in [0.1, 0.15) is 0 Å². The van der Waals surface area contributed by atoms with Gasteiger partial charge in [-0.3, -0.25) is 4.90 Å². The summed E-state index contributed by atoms with van der Waals surface area (Å²) in [5.74, 6) is 1.02. The molecule has 1 aliphatic carbocycles. The van der Waals surface area contributed by atoms with Gasteiger partial charge in [-0.2, -0.15) is 0 Å². The van der Waals surface area contributed by atoms with Crippen LogP contribution in [-0.2, 0) is 0 Å². The molecule has 1 aliphatic heterocycles. The van der Waals surface area contributed by atoms with Gasteiger partial charge in [0.05, 0.1) is 5.71 Å². The Hall–Kier alpha value is -0.570. The van der Waals surface area contributed by atoms with E-state index in [4.69, 9.17) is 5.21 Å². The van der Waals surface area contributed by atoms with Gasteiger partial charge in [-0.15, -0.1) is 0 Å². The third kappa shape index (κ3) is 1.54. The maximum absolute atomic E-state index is 8.93. The molecule has 0 radical (unpaired) electrons. The van der Waals surface area contributed by atoms with Gasteiger partial charge in [-0.25, -0.2) is 0 Å². The Balaban J connectivity index is 2.14. The Morgan fingerprint density at radius 1 is 1.21 bits per heavy atom. The number of oxime groups is 1. The van der Waals surface area contributed by atoms with E-state index in [1.807, 2.05) is 0 Å². The molecule has 0 aromatic carbocycles. The third-order valence-electron chi connectivity index (χ3n) is 3.65. The van der Waals surface area contributed by atoms with Crippen LogP contribution in [0.3, 0.4) is 0 Å². The second-order valence-corrected chi connectivity index (χ2v) is 5.57. The molecule has 1 saturated carbocycles. The van der Waals surface area contributed by atoms with E-state index in [2.05, 4.69) is 30.8 Å². The predicted octanol–water partition coefficient (Wildman–Crippen LogP) is 1.96. The molecule has 80 valence electrons. The number of hydrogen-bond donors (Lipinski definition) is 1. The molecule has 2 atom stereocenters. The van der Waals surface area contributed by atoms with Crippen LogP contribution in [0.2, 0.25) is 0 Å². The van der Waals surface area contributed by atoms with E-state index in [1.165, 1.54) is 12.8 Å². The summed E-state index contributed by atoms with van der Waals surface area (Å²) in [6.45, 7) is 8.91. The Bertz CT molecular complexity index is 239. The van der Waals surface area contributed by atoms with E-state index in [0.29, 0.717) is 11.8 Å². The Morgan fingerprint density at radius 2 is 1.71 bits per heavy atom. The third-order valence-corrected chi connectivity index (χ3v) is 3.65. The molecule has 3 nitrogen and oxygen atoms in total. The van der Waals surface area contributed by atoms with E-state index in [1.54, 1.807) is 0 Å². The Morgan fingerprint density at radius 3 is 2.07 bits per heavy atom. The molecule has 0 spiro atoms. The molecule has 14 heavy (non-hydrogen) atoms. The molecule has 1 heterocycles. The molecule has 0 unspecified atom stereocenters. The number of nitrogens with zero attached hydrogens (tertiary/aromatic N) is 2. The first-order chi connectivity index (χ1) is 6.52. The average Bonchev–Trinajstić information content (AvgIpc) is 2.32. The summed E-state index contributed by atoms with van der Waals surface area (Å²) in [6, 6.07) is 0. The first-order valence-corrected chi connectivity index (χ1v) is 5.49. The first-order valence-electron chi connectivity index (χ1n) is 5.49. The minimum Gasteiger partial charge on any atom is -0.411 e. The van der Waals surface area contributed by atoms with Crippen molar-refractivity contribution in [3.05, 3.63) is 0 Å². The number of hydrogen-bond acceptors (Lipinski definition) is 3. The summed E-state index contributed by atoms with van der Waals surface area (Å²) in [5.41, 5.74) is 1.31. The van der Waals surface area contributed by atoms with Gasteiger partial charge < -0.3 is 5.21 Å². The fourth-order valence-electron chi connectivity index (χ4n) is 2.72. The quantitative estimate of drug-likeness (QED) is 0.475. The SMILES string of the molecule is CC(C)(C)N1C[C@H]2CC[C@@H](C1)C2=NO. The van der Waals surface area contributed by atoms with Crippen LogP contribution in [0.1, 0.15) is 33.6 Å². The zero-order chi connectivity index (χ0) is 10.3. The van der Waals surface area contributed by atoms with Crippen LogP contribution in [-0.4, -0.2) is 34.4 Å². The first kappa shape index (κ1) is 9.97. The van der Waals surface area contributed by atoms with E-state index in [-0.39, 0.29) is 5.54 Å². The topological polar surface area (TPSA) is 35.8 Å². The van der Waals surface area contributed by atoms with Crippen molar-refractivity contribution in [2.45, 2.75) is 39.2 Å². The van der Waals surface area contributed by atoms with Crippen LogP contribution >= 0.6 is 0 Å². The van der Waals surface area contributed by atoms with Gasteiger partial charge in [0.2, 0.25) is 0 Å². The van der Waals surface area contributed by atoms with Crippen LogP contribution in [0.15, 0.2) is 5.16 Å². The molecule has 2 bridgehead atoms. The zero-order valence-electron chi connectivity index (χ0n) is 9.32. The summed E-state index contributed by atoms with van der Waals surface area (Å²) in [7, 11) is 0. The van der Waals surface area contributed by atoms with Crippen molar-refractivity contribution in [1.82, 2.24) is 4.90 Å². The smallest absolute Gasteiger partial charge is 0.0657 e. The van der Waals surface area contributed by atoms with E-state index in [9.17, 15) is 0 Å². The highest BCUT2D eigenvalue weighted by Crippen LogP contribution is 2.36. The number of fused-ring (bicyclic) bond motifs is 2. The lowest BCUT2D eigenvalue weighted by atomic mass is 9.92.